The molecule has 0 saturated carbocycles. The van der Waals surface area contributed by atoms with Crippen LogP contribution in [-0.2, 0) is 17.8 Å². The Morgan fingerprint density at radius 2 is 2.03 bits per heavy atom. The molecule has 2 aromatic heterocycles. The number of carbonyl (C=O) groups excluding carboxylic acids is 1. The number of hydrogen-bond donors (Lipinski definition) is 2. The molecular formula is C22H21FN4O2. The zero-order valence-electron chi connectivity index (χ0n) is 16.2. The molecule has 0 spiro atoms. The zero-order chi connectivity index (χ0) is 20.4. The number of H-pyrrole nitrogens is 1. The third-order valence-electron chi connectivity index (χ3n) is 4.85. The van der Waals surface area contributed by atoms with E-state index >= 15 is 0 Å². The van der Waals surface area contributed by atoms with Gasteiger partial charge in [-0.3, -0.25) is 9.89 Å². The Morgan fingerprint density at radius 1 is 1.21 bits per heavy atom. The van der Waals surface area contributed by atoms with Crippen molar-refractivity contribution in [1.82, 2.24) is 14.8 Å². The highest BCUT2D eigenvalue weighted by molar-refractivity contribution is 5.92. The second-order valence-electron chi connectivity index (χ2n) is 6.68. The molecule has 29 heavy (non-hydrogen) atoms. The number of nitrogens with one attached hydrogen (secondary N) is 2. The van der Waals surface area contributed by atoms with Gasteiger partial charge in [0.1, 0.15) is 11.6 Å². The molecule has 0 radical (unpaired) electrons. The number of aromatic amines is 1. The average molecular weight is 392 g/mol. The Balaban J connectivity index is 1.57. The summed E-state index contributed by atoms with van der Waals surface area (Å²) in [4.78, 5) is 12.3. The summed E-state index contributed by atoms with van der Waals surface area (Å²) in [6.45, 7) is 2.85. The maximum absolute atomic E-state index is 13.7. The molecule has 2 heterocycles. The van der Waals surface area contributed by atoms with E-state index in [2.05, 4.69) is 33.1 Å². The highest BCUT2D eigenvalue weighted by Gasteiger charge is 2.14. The van der Waals surface area contributed by atoms with Gasteiger partial charge in [0, 0.05) is 23.5 Å². The van der Waals surface area contributed by atoms with Gasteiger partial charge in [-0.1, -0.05) is 18.2 Å². The largest absolute Gasteiger partial charge is 0.497 e. The van der Waals surface area contributed by atoms with Crippen LogP contribution in [0.25, 0.3) is 22.3 Å². The second kappa shape index (κ2) is 7.79. The third-order valence-corrected chi connectivity index (χ3v) is 4.85. The summed E-state index contributed by atoms with van der Waals surface area (Å²) in [6, 6.07) is 16.0. The fourth-order valence-electron chi connectivity index (χ4n) is 3.46. The van der Waals surface area contributed by atoms with E-state index in [1.165, 1.54) is 6.07 Å². The van der Waals surface area contributed by atoms with Crippen molar-refractivity contribution in [1.29, 1.82) is 0 Å². The molecule has 0 saturated heterocycles. The molecule has 0 fully saturated rings. The number of rotatable bonds is 6. The molecule has 4 aromatic rings. The van der Waals surface area contributed by atoms with Crippen LogP contribution in [0.15, 0.2) is 54.6 Å². The lowest BCUT2D eigenvalue weighted by Gasteiger charge is -2.06. The number of fused-ring (bicyclic) bond motifs is 1. The van der Waals surface area contributed by atoms with Gasteiger partial charge in [0.15, 0.2) is 5.82 Å². The molecule has 0 unspecified atom stereocenters. The van der Waals surface area contributed by atoms with Gasteiger partial charge in [0.05, 0.1) is 24.9 Å². The monoisotopic (exact) mass is 392 g/mol. The Kier molecular flexibility index (Phi) is 5.03. The lowest BCUT2D eigenvalue weighted by atomic mass is 10.1. The molecular weight excluding hydrogens is 371 g/mol. The molecule has 0 aliphatic heterocycles. The average Bonchev–Trinajstić information content (AvgIpc) is 3.32. The maximum atomic E-state index is 13.7. The van der Waals surface area contributed by atoms with Crippen LogP contribution in [-0.4, -0.2) is 27.8 Å². The number of carbonyl (C=O) groups is 1. The summed E-state index contributed by atoms with van der Waals surface area (Å²) >= 11 is 0. The number of aryl methyl sites for hydroxylation is 1. The van der Waals surface area contributed by atoms with E-state index in [0.717, 1.165) is 34.6 Å². The van der Waals surface area contributed by atoms with Crippen molar-refractivity contribution < 1.29 is 13.9 Å². The van der Waals surface area contributed by atoms with Crippen molar-refractivity contribution >= 4 is 22.6 Å². The van der Waals surface area contributed by atoms with E-state index in [9.17, 15) is 9.18 Å². The number of anilines is 1. The summed E-state index contributed by atoms with van der Waals surface area (Å²) in [7, 11) is 1.64. The summed E-state index contributed by atoms with van der Waals surface area (Å²) < 4.78 is 21.2. The maximum Gasteiger partial charge on any atom is 0.230 e. The highest BCUT2D eigenvalue weighted by Crippen LogP contribution is 2.30. The van der Waals surface area contributed by atoms with Gasteiger partial charge in [-0.15, -0.1) is 0 Å². The number of halogens is 1. The number of benzene rings is 2. The minimum absolute atomic E-state index is 0.0517. The number of hydrogen-bond acceptors (Lipinski definition) is 3. The summed E-state index contributed by atoms with van der Waals surface area (Å²) in [5.41, 5.74) is 3.17. The van der Waals surface area contributed by atoms with Crippen molar-refractivity contribution in [2.45, 2.75) is 19.9 Å². The van der Waals surface area contributed by atoms with Crippen LogP contribution in [0.3, 0.4) is 0 Å². The normalized spacial score (nSPS) is 11.0. The Labute approximate surface area is 167 Å². The topological polar surface area (TPSA) is 71.9 Å². The fourth-order valence-corrected chi connectivity index (χ4v) is 3.46. The highest BCUT2D eigenvalue weighted by atomic mass is 19.1. The van der Waals surface area contributed by atoms with Crippen molar-refractivity contribution in [2.75, 3.05) is 12.4 Å². The van der Waals surface area contributed by atoms with Crippen molar-refractivity contribution in [3.8, 4) is 17.1 Å². The number of aromatic nitrogens is 3. The van der Waals surface area contributed by atoms with E-state index < -0.39 is 5.82 Å². The Morgan fingerprint density at radius 3 is 2.79 bits per heavy atom. The number of amides is 1. The molecule has 4 rings (SSSR count). The lowest BCUT2D eigenvalue weighted by molar-refractivity contribution is -0.115. The number of ether oxygens (including phenoxy) is 1. The molecule has 2 aromatic carbocycles. The molecule has 2 N–H and O–H groups in total. The van der Waals surface area contributed by atoms with Crippen LogP contribution < -0.4 is 10.1 Å². The van der Waals surface area contributed by atoms with Crippen LogP contribution in [0, 0.1) is 5.82 Å². The van der Waals surface area contributed by atoms with E-state index in [1.54, 1.807) is 31.4 Å². The van der Waals surface area contributed by atoms with Crippen molar-refractivity contribution in [3.05, 3.63) is 66.0 Å². The van der Waals surface area contributed by atoms with Gasteiger partial charge >= 0.3 is 0 Å². The minimum Gasteiger partial charge on any atom is -0.497 e. The van der Waals surface area contributed by atoms with Gasteiger partial charge < -0.3 is 14.6 Å². The molecule has 148 valence electrons. The smallest absolute Gasteiger partial charge is 0.230 e. The standard InChI is InChI=1S/C22H21FN4O2/c1-3-27-19-9-8-16(29-2)10-15(19)11-20(27)18-13-21(26-25-18)24-22(28)12-14-6-4-5-7-17(14)23/h4-11,13H,3,12H2,1-2H3,(H2,24,25,26,28). The van der Waals surface area contributed by atoms with Crippen LogP contribution in [0.1, 0.15) is 12.5 Å². The number of nitrogens with zero attached hydrogens (tertiary/aromatic N) is 2. The van der Waals surface area contributed by atoms with Crippen LogP contribution >= 0.6 is 0 Å². The first-order valence-electron chi connectivity index (χ1n) is 9.35. The summed E-state index contributed by atoms with van der Waals surface area (Å²) in [5, 5.41) is 10.9. The van der Waals surface area contributed by atoms with Crippen molar-refractivity contribution in [3.63, 3.8) is 0 Å². The number of methoxy groups -OCH3 is 1. The third kappa shape index (κ3) is 3.71. The molecule has 0 aliphatic carbocycles. The van der Waals surface area contributed by atoms with Crippen LogP contribution in [0.4, 0.5) is 10.2 Å². The fraction of sp³-hybridized carbons (Fsp3) is 0.182. The van der Waals surface area contributed by atoms with Gasteiger partial charge in [0.25, 0.3) is 0 Å². The minimum atomic E-state index is -0.395. The van der Waals surface area contributed by atoms with E-state index in [-0.39, 0.29) is 12.3 Å². The van der Waals surface area contributed by atoms with E-state index in [4.69, 9.17) is 4.74 Å². The molecule has 7 heteroatoms. The first-order chi connectivity index (χ1) is 14.1. The zero-order valence-corrected chi connectivity index (χ0v) is 16.2. The SMILES string of the molecule is CCn1c(-c2cc(NC(=O)Cc3ccccc3F)n[nH]2)cc2cc(OC)ccc21. The van der Waals surface area contributed by atoms with Gasteiger partial charge in [-0.2, -0.15) is 5.10 Å². The van der Waals surface area contributed by atoms with E-state index in [0.29, 0.717) is 11.4 Å². The summed E-state index contributed by atoms with van der Waals surface area (Å²) in [5.74, 6) is 0.469. The van der Waals surface area contributed by atoms with Crippen molar-refractivity contribution in [2.24, 2.45) is 0 Å². The molecule has 0 bridgehead atoms. The van der Waals surface area contributed by atoms with Gasteiger partial charge in [-0.25, -0.2) is 4.39 Å². The van der Waals surface area contributed by atoms with E-state index in [1.807, 2.05) is 18.2 Å². The first-order valence-corrected chi connectivity index (χ1v) is 9.35. The van der Waals surface area contributed by atoms with Gasteiger partial charge in [-0.05, 0) is 42.8 Å². The quantitative estimate of drug-likeness (QED) is 0.511. The predicted octanol–water partition coefficient (Wildman–Crippen LogP) is 4.38. The predicted molar refractivity (Wildman–Crippen MR) is 110 cm³/mol. The second-order valence-corrected chi connectivity index (χ2v) is 6.68. The Bertz CT molecular complexity index is 1180. The van der Waals surface area contributed by atoms with Crippen LogP contribution in [0.2, 0.25) is 0 Å². The van der Waals surface area contributed by atoms with Gasteiger partial charge in [0.2, 0.25) is 5.91 Å². The first kappa shape index (κ1) is 18.7. The molecule has 0 atom stereocenters. The Hall–Kier alpha value is -3.61. The lowest BCUT2D eigenvalue weighted by Crippen LogP contribution is -2.15. The molecule has 0 aliphatic rings. The van der Waals surface area contributed by atoms with Crippen LogP contribution in [0.5, 0.6) is 5.75 Å². The molecule has 1 amide bonds. The molecule has 6 nitrogen and oxygen atoms in total. The summed E-state index contributed by atoms with van der Waals surface area (Å²) in [6.07, 6.45) is -0.0517.